The molecule has 0 aliphatic carbocycles. The Morgan fingerprint density at radius 1 is 1.53 bits per heavy atom. The lowest BCUT2D eigenvalue weighted by atomic mass is 10.2. The SMILES string of the molecule is COc1cc(C)nc(CN[C@H](C)CO)c1. The summed E-state index contributed by atoms with van der Waals surface area (Å²) in [5, 5.41) is 12.0. The topological polar surface area (TPSA) is 54.4 Å². The minimum absolute atomic E-state index is 0.0818. The summed E-state index contributed by atoms with van der Waals surface area (Å²) in [6.45, 7) is 4.62. The number of aliphatic hydroxyl groups is 1. The number of aliphatic hydroxyl groups excluding tert-OH is 1. The molecular weight excluding hydrogens is 192 g/mol. The summed E-state index contributed by atoms with van der Waals surface area (Å²) in [5.41, 5.74) is 1.86. The molecule has 4 heteroatoms. The molecule has 0 aliphatic heterocycles. The van der Waals surface area contributed by atoms with Crippen LogP contribution in [0.15, 0.2) is 12.1 Å². The molecular formula is C11H18N2O2. The molecule has 1 aromatic heterocycles. The highest BCUT2D eigenvalue weighted by molar-refractivity contribution is 5.26. The van der Waals surface area contributed by atoms with Crippen LogP contribution in [-0.2, 0) is 6.54 Å². The summed E-state index contributed by atoms with van der Waals surface area (Å²) in [5.74, 6) is 0.816. The van der Waals surface area contributed by atoms with Crippen molar-refractivity contribution in [2.75, 3.05) is 13.7 Å². The number of pyridine rings is 1. The van der Waals surface area contributed by atoms with Crippen molar-refractivity contribution in [2.24, 2.45) is 0 Å². The van der Waals surface area contributed by atoms with Crippen LogP contribution in [-0.4, -0.2) is 29.8 Å². The fraction of sp³-hybridized carbons (Fsp3) is 0.545. The van der Waals surface area contributed by atoms with E-state index in [2.05, 4.69) is 10.3 Å². The zero-order valence-electron chi connectivity index (χ0n) is 9.45. The molecule has 1 heterocycles. The molecule has 4 nitrogen and oxygen atoms in total. The van der Waals surface area contributed by atoms with Crippen LogP contribution < -0.4 is 10.1 Å². The quantitative estimate of drug-likeness (QED) is 0.757. The monoisotopic (exact) mass is 210 g/mol. The van der Waals surface area contributed by atoms with Crippen molar-refractivity contribution < 1.29 is 9.84 Å². The van der Waals surface area contributed by atoms with Gasteiger partial charge in [-0.25, -0.2) is 0 Å². The van der Waals surface area contributed by atoms with Crippen LogP contribution >= 0.6 is 0 Å². The van der Waals surface area contributed by atoms with Crippen molar-refractivity contribution in [3.8, 4) is 5.75 Å². The number of rotatable bonds is 5. The number of ether oxygens (including phenoxy) is 1. The average molecular weight is 210 g/mol. The Kier molecular flexibility index (Phi) is 4.52. The Morgan fingerprint density at radius 3 is 2.87 bits per heavy atom. The second-order valence-corrected chi connectivity index (χ2v) is 3.60. The van der Waals surface area contributed by atoms with E-state index >= 15 is 0 Å². The first kappa shape index (κ1) is 11.9. The van der Waals surface area contributed by atoms with Gasteiger partial charge in [-0.05, 0) is 13.8 Å². The second-order valence-electron chi connectivity index (χ2n) is 3.60. The summed E-state index contributed by atoms with van der Waals surface area (Å²) >= 11 is 0. The maximum Gasteiger partial charge on any atom is 0.122 e. The zero-order valence-corrected chi connectivity index (χ0v) is 9.45. The molecule has 1 aromatic rings. The molecule has 1 rings (SSSR count). The minimum Gasteiger partial charge on any atom is -0.497 e. The van der Waals surface area contributed by atoms with Gasteiger partial charge in [-0.3, -0.25) is 4.98 Å². The maximum absolute atomic E-state index is 8.86. The van der Waals surface area contributed by atoms with Gasteiger partial charge in [0.2, 0.25) is 0 Å². The average Bonchev–Trinajstić information content (AvgIpc) is 2.25. The van der Waals surface area contributed by atoms with Gasteiger partial charge in [0.25, 0.3) is 0 Å². The highest BCUT2D eigenvalue weighted by atomic mass is 16.5. The number of hydrogen-bond acceptors (Lipinski definition) is 4. The minimum atomic E-state index is 0.0818. The number of aryl methyl sites for hydroxylation is 1. The highest BCUT2D eigenvalue weighted by Crippen LogP contribution is 2.13. The summed E-state index contributed by atoms with van der Waals surface area (Å²) in [7, 11) is 1.64. The van der Waals surface area contributed by atoms with E-state index in [1.807, 2.05) is 26.0 Å². The fourth-order valence-electron chi connectivity index (χ4n) is 1.25. The molecule has 0 spiro atoms. The van der Waals surface area contributed by atoms with Crippen LogP contribution in [0.2, 0.25) is 0 Å². The molecule has 0 bridgehead atoms. The lowest BCUT2D eigenvalue weighted by molar-refractivity contribution is 0.250. The van der Waals surface area contributed by atoms with Crippen LogP contribution in [0.3, 0.4) is 0 Å². The normalized spacial score (nSPS) is 12.5. The van der Waals surface area contributed by atoms with Gasteiger partial charge in [-0.2, -0.15) is 0 Å². The van der Waals surface area contributed by atoms with Gasteiger partial charge in [0.1, 0.15) is 5.75 Å². The van der Waals surface area contributed by atoms with Gasteiger partial charge in [0, 0.05) is 30.4 Å². The summed E-state index contributed by atoms with van der Waals surface area (Å²) < 4.78 is 5.15. The molecule has 15 heavy (non-hydrogen) atoms. The van der Waals surface area contributed by atoms with E-state index in [4.69, 9.17) is 9.84 Å². The lowest BCUT2D eigenvalue weighted by Crippen LogP contribution is -2.29. The van der Waals surface area contributed by atoms with Gasteiger partial charge in [-0.1, -0.05) is 0 Å². The molecule has 0 saturated heterocycles. The van der Waals surface area contributed by atoms with Gasteiger partial charge < -0.3 is 15.2 Å². The number of methoxy groups -OCH3 is 1. The van der Waals surface area contributed by atoms with Gasteiger partial charge in [0.15, 0.2) is 0 Å². The van der Waals surface area contributed by atoms with Gasteiger partial charge in [0.05, 0.1) is 19.4 Å². The summed E-state index contributed by atoms with van der Waals surface area (Å²) in [4.78, 5) is 4.36. The Labute approximate surface area is 90.3 Å². The van der Waals surface area contributed by atoms with Crippen molar-refractivity contribution in [3.05, 3.63) is 23.5 Å². The largest absolute Gasteiger partial charge is 0.497 e. The molecule has 0 amide bonds. The Morgan fingerprint density at radius 2 is 2.27 bits per heavy atom. The molecule has 0 radical (unpaired) electrons. The van der Waals surface area contributed by atoms with Crippen LogP contribution in [0.1, 0.15) is 18.3 Å². The number of nitrogens with one attached hydrogen (secondary N) is 1. The first-order valence-corrected chi connectivity index (χ1v) is 5.01. The smallest absolute Gasteiger partial charge is 0.122 e. The van der Waals surface area contributed by atoms with Crippen LogP contribution in [0.25, 0.3) is 0 Å². The molecule has 1 atom stereocenters. The van der Waals surface area contributed by atoms with Crippen molar-refractivity contribution in [2.45, 2.75) is 26.4 Å². The Hall–Kier alpha value is -1.13. The van der Waals surface area contributed by atoms with E-state index in [-0.39, 0.29) is 12.6 Å². The third-order valence-electron chi connectivity index (χ3n) is 2.12. The Bertz CT molecular complexity index is 315. The first-order valence-electron chi connectivity index (χ1n) is 5.01. The fourth-order valence-corrected chi connectivity index (χ4v) is 1.25. The van der Waals surface area contributed by atoms with Crippen molar-refractivity contribution in [3.63, 3.8) is 0 Å². The lowest BCUT2D eigenvalue weighted by Gasteiger charge is -2.11. The molecule has 0 aliphatic rings. The number of nitrogens with zero attached hydrogens (tertiary/aromatic N) is 1. The zero-order chi connectivity index (χ0) is 11.3. The van der Waals surface area contributed by atoms with E-state index in [1.54, 1.807) is 7.11 Å². The van der Waals surface area contributed by atoms with Crippen LogP contribution in [0.4, 0.5) is 0 Å². The first-order chi connectivity index (χ1) is 7.15. The number of hydrogen-bond donors (Lipinski definition) is 2. The third-order valence-corrected chi connectivity index (χ3v) is 2.12. The van der Waals surface area contributed by atoms with Crippen LogP contribution in [0, 0.1) is 6.92 Å². The molecule has 2 N–H and O–H groups in total. The molecule has 84 valence electrons. The van der Waals surface area contributed by atoms with Crippen molar-refractivity contribution in [1.82, 2.24) is 10.3 Å². The van der Waals surface area contributed by atoms with E-state index < -0.39 is 0 Å². The van der Waals surface area contributed by atoms with Crippen molar-refractivity contribution >= 4 is 0 Å². The van der Waals surface area contributed by atoms with Gasteiger partial charge >= 0.3 is 0 Å². The van der Waals surface area contributed by atoms with E-state index in [0.29, 0.717) is 6.54 Å². The Balaban J connectivity index is 2.64. The molecule has 0 fully saturated rings. The van der Waals surface area contributed by atoms with Crippen molar-refractivity contribution in [1.29, 1.82) is 0 Å². The second kappa shape index (κ2) is 5.68. The molecule has 0 aromatic carbocycles. The van der Waals surface area contributed by atoms with E-state index in [9.17, 15) is 0 Å². The van der Waals surface area contributed by atoms with E-state index in [1.165, 1.54) is 0 Å². The predicted octanol–water partition coefficient (Wildman–Crippen LogP) is 0.869. The number of aromatic nitrogens is 1. The summed E-state index contributed by atoms with van der Waals surface area (Å²) in [6.07, 6.45) is 0. The molecule has 0 unspecified atom stereocenters. The predicted molar refractivity (Wildman–Crippen MR) is 58.9 cm³/mol. The van der Waals surface area contributed by atoms with Crippen LogP contribution in [0.5, 0.6) is 5.75 Å². The molecule has 0 saturated carbocycles. The van der Waals surface area contributed by atoms with Gasteiger partial charge in [-0.15, -0.1) is 0 Å². The third kappa shape index (κ3) is 3.85. The summed E-state index contributed by atoms with van der Waals surface area (Å²) in [6, 6.07) is 3.86. The van der Waals surface area contributed by atoms with E-state index in [0.717, 1.165) is 17.1 Å². The standard InChI is InChI=1S/C11H18N2O2/c1-8-4-11(15-3)5-10(13-8)6-12-9(2)7-14/h4-5,9,12,14H,6-7H2,1-3H3/t9-/m1/s1. The highest BCUT2D eigenvalue weighted by Gasteiger charge is 2.02. The maximum atomic E-state index is 8.86.